The van der Waals surface area contributed by atoms with E-state index in [1.807, 2.05) is 0 Å². The summed E-state index contributed by atoms with van der Waals surface area (Å²) in [5.41, 5.74) is -4.70. The SMILES string of the molecule is O=S(c1nccs1)C(F)(F)F. The van der Waals surface area contributed by atoms with Crippen LogP contribution in [0.15, 0.2) is 15.9 Å². The minimum Gasteiger partial charge on any atom is -0.243 e. The van der Waals surface area contributed by atoms with Gasteiger partial charge in [0.2, 0.25) is 0 Å². The summed E-state index contributed by atoms with van der Waals surface area (Å²) >= 11 is 0.727. The van der Waals surface area contributed by atoms with E-state index in [0.717, 1.165) is 11.3 Å². The van der Waals surface area contributed by atoms with Crippen molar-refractivity contribution in [3.05, 3.63) is 11.6 Å². The maximum atomic E-state index is 11.7. The highest BCUT2D eigenvalue weighted by Gasteiger charge is 2.39. The molecule has 0 fully saturated rings. The molecule has 0 radical (unpaired) electrons. The van der Waals surface area contributed by atoms with Gasteiger partial charge in [-0.2, -0.15) is 13.2 Å². The standard InChI is InChI=1S/C4H2F3NOS2/c5-4(6,7)11(9)3-8-1-2-10-3/h1-2H. The molecule has 2 nitrogen and oxygen atoms in total. The summed E-state index contributed by atoms with van der Waals surface area (Å²) in [5.74, 6) is 0. The van der Waals surface area contributed by atoms with Crippen molar-refractivity contribution < 1.29 is 17.4 Å². The van der Waals surface area contributed by atoms with Crippen LogP contribution in [0.1, 0.15) is 0 Å². The van der Waals surface area contributed by atoms with Crippen molar-refractivity contribution in [2.24, 2.45) is 0 Å². The van der Waals surface area contributed by atoms with Gasteiger partial charge in [0.15, 0.2) is 15.1 Å². The average Bonchev–Trinajstić information content (AvgIpc) is 2.34. The van der Waals surface area contributed by atoms with Gasteiger partial charge in [0, 0.05) is 11.6 Å². The molecule has 0 saturated heterocycles. The van der Waals surface area contributed by atoms with Crippen LogP contribution in [0.25, 0.3) is 0 Å². The van der Waals surface area contributed by atoms with Gasteiger partial charge in [-0.15, -0.1) is 11.3 Å². The number of alkyl halides is 3. The minimum absolute atomic E-state index is 0.405. The number of nitrogens with zero attached hydrogens (tertiary/aromatic N) is 1. The van der Waals surface area contributed by atoms with Gasteiger partial charge in [0.25, 0.3) is 0 Å². The molecule has 1 heterocycles. The maximum Gasteiger partial charge on any atom is 0.478 e. The quantitative estimate of drug-likeness (QED) is 0.693. The molecule has 0 aliphatic heterocycles. The summed E-state index contributed by atoms with van der Waals surface area (Å²) in [6, 6.07) is 0. The van der Waals surface area contributed by atoms with E-state index in [1.54, 1.807) is 0 Å². The summed E-state index contributed by atoms with van der Waals surface area (Å²) in [7, 11) is -2.96. The monoisotopic (exact) mass is 201 g/mol. The lowest BCUT2D eigenvalue weighted by Crippen LogP contribution is -2.15. The number of aromatic nitrogens is 1. The van der Waals surface area contributed by atoms with Crippen LogP contribution in [0.3, 0.4) is 0 Å². The highest BCUT2D eigenvalue weighted by Crippen LogP contribution is 2.26. The maximum absolute atomic E-state index is 11.7. The van der Waals surface area contributed by atoms with E-state index in [1.165, 1.54) is 11.6 Å². The molecule has 0 aliphatic carbocycles. The first-order valence-corrected chi connectivity index (χ1v) is 4.43. The summed E-state index contributed by atoms with van der Waals surface area (Å²) in [6.07, 6.45) is 1.18. The molecule has 0 saturated carbocycles. The van der Waals surface area contributed by atoms with Crippen molar-refractivity contribution in [3.63, 3.8) is 0 Å². The molecule has 7 heteroatoms. The Morgan fingerprint density at radius 2 is 2.18 bits per heavy atom. The number of rotatable bonds is 1. The van der Waals surface area contributed by atoms with Gasteiger partial charge in [-0.3, -0.25) is 0 Å². The predicted octanol–water partition coefficient (Wildman–Crippen LogP) is 1.77. The smallest absolute Gasteiger partial charge is 0.243 e. The molecule has 0 bridgehead atoms. The molecule has 62 valence electrons. The largest absolute Gasteiger partial charge is 0.478 e. The minimum atomic E-state index is -4.70. The normalized spacial score (nSPS) is 14.8. The average molecular weight is 201 g/mol. The van der Waals surface area contributed by atoms with Crippen molar-refractivity contribution in [3.8, 4) is 0 Å². The molecule has 1 aromatic rings. The zero-order valence-corrected chi connectivity index (χ0v) is 6.59. The number of hydrogen-bond acceptors (Lipinski definition) is 3. The van der Waals surface area contributed by atoms with Crippen LogP contribution < -0.4 is 0 Å². The first-order valence-electron chi connectivity index (χ1n) is 2.40. The molecular formula is C4H2F3NOS2. The highest BCUT2D eigenvalue weighted by atomic mass is 32.2. The van der Waals surface area contributed by atoms with Crippen molar-refractivity contribution >= 4 is 22.1 Å². The third-order valence-corrected chi connectivity index (χ3v) is 2.93. The van der Waals surface area contributed by atoms with Crippen molar-refractivity contribution in [1.29, 1.82) is 0 Å². The zero-order chi connectivity index (χ0) is 8.48. The topological polar surface area (TPSA) is 30.0 Å². The Balaban J connectivity index is 2.88. The van der Waals surface area contributed by atoms with Crippen molar-refractivity contribution in [1.82, 2.24) is 4.98 Å². The van der Waals surface area contributed by atoms with Crippen LogP contribution in [-0.4, -0.2) is 14.7 Å². The molecule has 0 aromatic carbocycles. The third-order valence-electron chi connectivity index (χ3n) is 0.778. The third kappa shape index (κ3) is 2.00. The van der Waals surface area contributed by atoms with Crippen molar-refractivity contribution in [2.75, 3.05) is 0 Å². The molecule has 0 aliphatic rings. The predicted molar refractivity (Wildman–Crippen MR) is 34.6 cm³/mol. The zero-order valence-electron chi connectivity index (χ0n) is 4.96. The number of thiazole rings is 1. The van der Waals surface area contributed by atoms with E-state index in [9.17, 15) is 17.4 Å². The summed E-state index contributed by atoms with van der Waals surface area (Å²) < 4.78 is 45.1. The van der Waals surface area contributed by atoms with Gasteiger partial charge in [0.05, 0.1) is 0 Å². The fourth-order valence-corrected chi connectivity index (χ4v) is 1.92. The van der Waals surface area contributed by atoms with Crippen LogP contribution in [0, 0.1) is 0 Å². The number of hydrogen-bond donors (Lipinski definition) is 0. The fourth-order valence-electron chi connectivity index (χ4n) is 0.401. The van der Waals surface area contributed by atoms with Gasteiger partial charge in [-0.05, 0) is 0 Å². The second kappa shape index (κ2) is 2.90. The van der Waals surface area contributed by atoms with Crippen LogP contribution in [0.4, 0.5) is 13.2 Å². The van der Waals surface area contributed by atoms with Crippen LogP contribution in [0.5, 0.6) is 0 Å². The second-order valence-corrected chi connectivity index (χ2v) is 4.05. The molecule has 0 N–H and O–H groups in total. The van der Waals surface area contributed by atoms with E-state index in [4.69, 9.17) is 0 Å². The Bertz CT molecular complexity index is 255. The summed E-state index contributed by atoms with van der Waals surface area (Å²) in [4.78, 5) is 3.28. The Morgan fingerprint density at radius 1 is 1.55 bits per heavy atom. The van der Waals surface area contributed by atoms with Gasteiger partial charge in [-0.25, -0.2) is 9.19 Å². The second-order valence-electron chi connectivity index (χ2n) is 1.51. The van der Waals surface area contributed by atoms with Crippen LogP contribution in [0.2, 0.25) is 0 Å². The molecule has 1 unspecified atom stereocenters. The van der Waals surface area contributed by atoms with Gasteiger partial charge in [0.1, 0.15) is 0 Å². The molecule has 1 aromatic heterocycles. The van der Waals surface area contributed by atoms with Crippen LogP contribution in [-0.2, 0) is 10.8 Å². The van der Waals surface area contributed by atoms with Crippen LogP contribution >= 0.6 is 11.3 Å². The Labute approximate surface area is 66.5 Å². The molecule has 11 heavy (non-hydrogen) atoms. The Hall–Kier alpha value is -0.430. The first-order chi connectivity index (χ1) is 5.02. The van der Waals surface area contributed by atoms with E-state index >= 15 is 0 Å². The Kier molecular flexibility index (Phi) is 2.28. The fraction of sp³-hybridized carbons (Fsp3) is 0.250. The lowest BCUT2D eigenvalue weighted by atomic mass is 11.0. The summed E-state index contributed by atoms with van der Waals surface area (Å²) in [6.45, 7) is 0. The highest BCUT2D eigenvalue weighted by molar-refractivity contribution is 7.88. The molecule has 0 amide bonds. The van der Waals surface area contributed by atoms with Gasteiger partial charge >= 0.3 is 5.51 Å². The molecule has 1 atom stereocenters. The number of halogens is 3. The molecule has 1 rings (SSSR count). The van der Waals surface area contributed by atoms with E-state index in [-0.39, 0.29) is 0 Å². The van der Waals surface area contributed by atoms with E-state index in [0.29, 0.717) is 0 Å². The van der Waals surface area contributed by atoms with Gasteiger partial charge in [-0.1, -0.05) is 0 Å². The lowest BCUT2D eigenvalue weighted by molar-refractivity contribution is -0.0384. The summed E-state index contributed by atoms with van der Waals surface area (Å²) in [5, 5.41) is 1.35. The first kappa shape index (κ1) is 8.66. The molecule has 0 spiro atoms. The van der Waals surface area contributed by atoms with Crippen molar-refractivity contribution in [2.45, 2.75) is 9.85 Å². The Morgan fingerprint density at radius 3 is 2.55 bits per heavy atom. The van der Waals surface area contributed by atoms with E-state index < -0.39 is 20.6 Å². The lowest BCUT2D eigenvalue weighted by Gasteiger charge is -2.00. The van der Waals surface area contributed by atoms with Gasteiger partial charge < -0.3 is 0 Å². The molecular weight excluding hydrogens is 199 g/mol. The van der Waals surface area contributed by atoms with E-state index in [2.05, 4.69) is 4.98 Å².